The van der Waals surface area contributed by atoms with Crippen LogP contribution in [0.4, 0.5) is 0 Å². The Balaban J connectivity index is 2.33. The van der Waals surface area contributed by atoms with Crippen molar-refractivity contribution < 1.29 is 0 Å². The zero-order valence-corrected chi connectivity index (χ0v) is 9.34. The van der Waals surface area contributed by atoms with Gasteiger partial charge in [-0.15, -0.1) is 11.3 Å². The van der Waals surface area contributed by atoms with Crippen LogP contribution < -0.4 is 5.73 Å². The number of aryl methyl sites for hydroxylation is 1. The maximum atomic E-state index is 5.62. The second-order valence-electron chi connectivity index (χ2n) is 3.74. The number of fused-ring (bicyclic) bond motifs is 1. The van der Waals surface area contributed by atoms with Gasteiger partial charge in [-0.1, -0.05) is 6.92 Å². The van der Waals surface area contributed by atoms with E-state index in [1.54, 1.807) is 11.3 Å². The number of thiazole rings is 1. The lowest BCUT2D eigenvalue weighted by molar-refractivity contribution is 0.595. The van der Waals surface area contributed by atoms with Crippen LogP contribution in [0.2, 0.25) is 0 Å². The molecule has 2 rings (SSSR count). The van der Waals surface area contributed by atoms with Crippen LogP contribution in [0.1, 0.15) is 17.5 Å². The van der Waals surface area contributed by atoms with E-state index in [0.29, 0.717) is 5.92 Å². The summed E-state index contributed by atoms with van der Waals surface area (Å²) < 4.78 is 2.14. The van der Waals surface area contributed by atoms with Crippen molar-refractivity contribution >= 4 is 16.3 Å². The molecular weight excluding hydrogens is 194 g/mol. The van der Waals surface area contributed by atoms with Gasteiger partial charge in [-0.05, 0) is 25.8 Å². The van der Waals surface area contributed by atoms with E-state index in [1.165, 1.54) is 10.6 Å². The molecule has 2 heterocycles. The number of nitrogens with zero attached hydrogens (tertiary/aromatic N) is 2. The molecule has 0 aliphatic carbocycles. The Labute approximate surface area is 87.6 Å². The third-order valence-electron chi connectivity index (χ3n) is 2.52. The van der Waals surface area contributed by atoms with E-state index in [9.17, 15) is 0 Å². The van der Waals surface area contributed by atoms with Crippen molar-refractivity contribution in [3.8, 4) is 0 Å². The minimum Gasteiger partial charge on any atom is -0.330 e. The number of nitrogens with two attached hydrogens (primary N) is 1. The highest BCUT2D eigenvalue weighted by atomic mass is 32.1. The molecular formula is C10H15N3S. The maximum Gasteiger partial charge on any atom is 0.194 e. The molecule has 0 saturated heterocycles. The first-order valence-corrected chi connectivity index (χ1v) is 5.65. The number of rotatable bonds is 3. The molecule has 0 aliphatic rings. The lowest BCUT2D eigenvalue weighted by Crippen LogP contribution is -2.13. The van der Waals surface area contributed by atoms with Gasteiger partial charge >= 0.3 is 0 Å². The van der Waals surface area contributed by atoms with Gasteiger partial charge in [0.25, 0.3) is 0 Å². The Morgan fingerprint density at radius 2 is 2.43 bits per heavy atom. The second kappa shape index (κ2) is 3.71. The van der Waals surface area contributed by atoms with E-state index in [2.05, 4.69) is 23.2 Å². The summed E-state index contributed by atoms with van der Waals surface area (Å²) in [6.45, 7) is 5.07. The number of hydrogen-bond donors (Lipinski definition) is 1. The molecule has 0 fully saturated rings. The summed E-state index contributed by atoms with van der Waals surface area (Å²) in [7, 11) is 0. The zero-order valence-electron chi connectivity index (χ0n) is 8.53. The van der Waals surface area contributed by atoms with Crippen molar-refractivity contribution in [2.24, 2.45) is 11.7 Å². The number of aromatic nitrogens is 2. The van der Waals surface area contributed by atoms with E-state index in [1.807, 2.05) is 12.4 Å². The monoisotopic (exact) mass is 209 g/mol. The third kappa shape index (κ3) is 1.55. The van der Waals surface area contributed by atoms with Gasteiger partial charge in [-0.2, -0.15) is 0 Å². The molecule has 1 unspecified atom stereocenters. The average Bonchev–Trinajstić information content (AvgIpc) is 2.72. The first kappa shape index (κ1) is 9.68. The normalized spacial score (nSPS) is 13.6. The van der Waals surface area contributed by atoms with E-state index in [4.69, 9.17) is 5.73 Å². The van der Waals surface area contributed by atoms with Crippen molar-refractivity contribution in [3.63, 3.8) is 0 Å². The predicted molar refractivity (Wildman–Crippen MR) is 59.7 cm³/mol. The molecule has 4 heteroatoms. The van der Waals surface area contributed by atoms with Gasteiger partial charge in [0.05, 0.1) is 0 Å². The molecule has 2 aromatic rings. The van der Waals surface area contributed by atoms with Crippen molar-refractivity contribution in [2.45, 2.75) is 20.3 Å². The summed E-state index contributed by atoms with van der Waals surface area (Å²) in [4.78, 5) is 6.78. The molecule has 2 N–H and O–H groups in total. The molecule has 0 amide bonds. The molecule has 1 atom stereocenters. The highest BCUT2D eigenvalue weighted by Crippen LogP contribution is 2.23. The van der Waals surface area contributed by atoms with E-state index in [0.717, 1.165) is 17.9 Å². The van der Waals surface area contributed by atoms with Gasteiger partial charge in [0.15, 0.2) is 4.96 Å². The Morgan fingerprint density at radius 3 is 3.07 bits per heavy atom. The standard InChI is InChI=1S/C10H15N3S/c1-7(6-11)5-9-8(2)13-4-3-12-10(13)14-9/h3-4,7H,5-6,11H2,1-2H3. The summed E-state index contributed by atoms with van der Waals surface area (Å²) in [5.74, 6) is 0.553. The second-order valence-corrected chi connectivity index (χ2v) is 4.80. The van der Waals surface area contributed by atoms with Crippen molar-refractivity contribution in [2.75, 3.05) is 6.54 Å². The van der Waals surface area contributed by atoms with E-state index < -0.39 is 0 Å². The molecule has 0 saturated carbocycles. The Morgan fingerprint density at radius 1 is 1.64 bits per heavy atom. The Kier molecular flexibility index (Phi) is 2.56. The summed E-state index contributed by atoms with van der Waals surface area (Å²) in [6.07, 6.45) is 4.92. The Bertz CT molecular complexity index is 429. The van der Waals surface area contributed by atoms with Crippen LogP contribution >= 0.6 is 11.3 Å². The fourth-order valence-electron chi connectivity index (χ4n) is 1.53. The van der Waals surface area contributed by atoms with Gasteiger partial charge in [-0.3, -0.25) is 4.40 Å². The number of imidazole rings is 1. The van der Waals surface area contributed by atoms with Gasteiger partial charge in [-0.25, -0.2) is 4.98 Å². The molecule has 0 aromatic carbocycles. The van der Waals surface area contributed by atoms with Crippen LogP contribution in [0.3, 0.4) is 0 Å². The summed E-state index contributed by atoms with van der Waals surface area (Å²) in [5, 5.41) is 0. The lowest BCUT2D eigenvalue weighted by atomic mass is 10.1. The molecule has 0 bridgehead atoms. The quantitative estimate of drug-likeness (QED) is 0.838. The first-order valence-electron chi connectivity index (χ1n) is 4.83. The topological polar surface area (TPSA) is 43.3 Å². The highest BCUT2D eigenvalue weighted by molar-refractivity contribution is 7.17. The summed E-state index contributed by atoms with van der Waals surface area (Å²) in [6, 6.07) is 0. The van der Waals surface area contributed by atoms with Crippen molar-refractivity contribution in [3.05, 3.63) is 23.0 Å². The van der Waals surface area contributed by atoms with Crippen LogP contribution in [-0.4, -0.2) is 15.9 Å². The van der Waals surface area contributed by atoms with Crippen molar-refractivity contribution in [1.82, 2.24) is 9.38 Å². The largest absolute Gasteiger partial charge is 0.330 e. The molecule has 0 radical (unpaired) electrons. The molecule has 0 spiro atoms. The summed E-state index contributed by atoms with van der Waals surface area (Å²) >= 11 is 1.77. The van der Waals surface area contributed by atoms with Gasteiger partial charge in [0.1, 0.15) is 0 Å². The average molecular weight is 209 g/mol. The lowest BCUT2D eigenvalue weighted by Gasteiger charge is -2.06. The smallest absolute Gasteiger partial charge is 0.194 e. The van der Waals surface area contributed by atoms with E-state index in [-0.39, 0.29) is 0 Å². The van der Waals surface area contributed by atoms with Crippen LogP contribution in [0.5, 0.6) is 0 Å². The molecule has 3 nitrogen and oxygen atoms in total. The zero-order chi connectivity index (χ0) is 10.1. The molecule has 0 aliphatic heterocycles. The fourth-order valence-corrected chi connectivity index (χ4v) is 2.77. The minimum atomic E-state index is 0.553. The minimum absolute atomic E-state index is 0.553. The Hall–Kier alpha value is -0.870. The molecule has 2 aromatic heterocycles. The number of hydrogen-bond acceptors (Lipinski definition) is 3. The first-order chi connectivity index (χ1) is 6.72. The van der Waals surface area contributed by atoms with Gasteiger partial charge < -0.3 is 5.73 Å². The van der Waals surface area contributed by atoms with Crippen LogP contribution in [-0.2, 0) is 6.42 Å². The van der Waals surface area contributed by atoms with Crippen LogP contribution in [0.25, 0.3) is 4.96 Å². The van der Waals surface area contributed by atoms with E-state index >= 15 is 0 Å². The fraction of sp³-hybridized carbons (Fsp3) is 0.500. The highest BCUT2D eigenvalue weighted by Gasteiger charge is 2.10. The molecule has 76 valence electrons. The maximum absolute atomic E-state index is 5.62. The van der Waals surface area contributed by atoms with Gasteiger partial charge in [0.2, 0.25) is 0 Å². The molecule has 14 heavy (non-hydrogen) atoms. The van der Waals surface area contributed by atoms with Crippen LogP contribution in [0, 0.1) is 12.8 Å². The SMILES string of the molecule is Cc1c(CC(C)CN)sc2nccn12. The van der Waals surface area contributed by atoms with Gasteiger partial charge in [0, 0.05) is 23.0 Å². The summed E-state index contributed by atoms with van der Waals surface area (Å²) in [5.41, 5.74) is 6.93. The predicted octanol–water partition coefficient (Wildman–Crippen LogP) is 1.84. The van der Waals surface area contributed by atoms with Crippen LogP contribution in [0.15, 0.2) is 12.4 Å². The van der Waals surface area contributed by atoms with Crippen molar-refractivity contribution in [1.29, 1.82) is 0 Å². The third-order valence-corrected chi connectivity index (χ3v) is 3.72.